The maximum absolute atomic E-state index is 11.7. The SMILES string of the molecule is Cc1cccc(CNC(=O)c2nnc(Br)s2)n1. The molecule has 17 heavy (non-hydrogen) atoms. The van der Waals surface area contributed by atoms with Gasteiger partial charge >= 0.3 is 0 Å². The van der Waals surface area contributed by atoms with Gasteiger partial charge in [-0.3, -0.25) is 9.78 Å². The summed E-state index contributed by atoms with van der Waals surface area (Å²) in [4.78, 5) is 16.0. The van der Waals surface area contributed by atoms with Crippen LogP contribution < -0.4 is 5.32 Å². The molecule has 2 aromatic rings. The van der Waals surface area contributed by atoms with Gasteiger partial charge in [0, 0.05) is 5.69 Å². The first-order valence-corrected chi connectivity index (χ1v) is 6.46. The van der Waals surface area contributed by atoms with Gasteiger partial charge in [0.25, 0.3) is 5.91 Å². The monoisotopic (exact) mass is 312 g/mol. The average molecular weight is 313 g/mol. The molecule has 0 fully saturated rings. The van der Waals surface area contributed by atoms with Crippen molar-refractivity contribution in [2.75, 3.05) is 0 Å². The molecule has 2 heterocycles. The van der Waals surface area contributed by atoms with Gasteiger partial charge in [-0.2, -0.15) is 0 Å². The van der Waals surface area contributed by atoms with Gasteiger partial charge in [-0.05, 0) is 35.0 Å². The molecule has 0 aliphatic carbocycles. The van der Waals surface area contributed by atoms with Crippen molar-refractivity contribution in [2.45, 2.75) is 13.5 Å². The Kier molecular flexibility index (Phi) is 3.80. The number of hydrogen-bond donors (Lipinski definition) is 1. The smallest absolute Gasteiger partial charge is 0.282 e. The Balaban J connectivity index is 1.97. The van der Waals surface area contributed by atoms with Gasteiger partial charge in [0.1, 0.15) is 0 Å². The van der Waals surface area contributed by atoms with Crippen LogP contribution in [0.1, 0.15) is 21.2 Å². The number of carbonyl (C=O) groups is 1. The van der Waals surface area contributed by atoms with E-state index in [1.165, 1.54) is 11.3 Å². The average Bonchev–Trinajstić information content (AvgIpc) is 2.73. The molecule has 0 radical (unpaired) electrons. The quantitative estimate of drug-likeness (QED) is 0.940. The van der Waals surface area contributed by atoms with E-state index in [1.807, 2.05) is 25.1 Å². The molecule has 7 heteroatoms. The molecule has 0 aromatic carbocycles. The zero-order valence-electron chi connectivity index (χ0n) is 8.98. The number of pyridine rings is 1. The second-order valence-corrected chi connectivity index (χ2v) is 5.57. The number of halogens is 1. The van der Waals surface area contributed by atoms with Crippen molar-refractivity contribution in [1.29, 1.82) is 0 Å². The molecular weight excluding hydrogens is 304 g/mol. The van der Waals surface area contributed by atoms with Gasteiger partial charge in [0.15, 0.2) is 3.92 Å². The number of nitrogens with zero attached hydrogens (tertiary/aromatic N) is 3. The van der Waals surface area contributed by atoms with Gasteiger partial charge in [-0.1, -0.05) is 17.4 Å². The highest BCUT2D eigenvalue weighted by atomic mass is 79.9. The van der Waals surface area contributed by atoms with E-state index in [9.17, 15) is 4.79 Å². The fourth-order valence-electron chi connectivity index (χ4n) is 1.24. The Morgan fingerprint density at radius 1 is 1.47 bits per heavy atom. The molecular formula is C10H9BrN4OS. The molecule has 2 aromatic heterocycles. The van der Waals surface area contributed by atoms with E-state index in [4.69, 9.17) is 0 Å². The molecule has 5 nitrogen and oxygen atoms in total. The van der Waals surface area contributed by atoms with E-state index in [-0.39, 0.29) is 5.91 Å². The summed E-state index contributed by atoms with van der Waals surface area (Å²) in [5, 5.41) is 10.5. The fraction of sp³-hybridized carbons (Fsp3) is 0.200. The van der Waals surface area contributed by atoms with Crippen molar-refractivity contribution in [3.63, 3.8) is 0 Å². The summed E-state index contributed by atoms with van der Waals surface area (Å²) in [5.74, 6) is -0.239. The number of aromatic nitrogens is 3. The molecule has 1 amide bonds. The van der Waals surface area contributed by atoms with Gasteiger partial charge in [0.2, 0.25) is 5.01 Å². The first-order chi connectivity index (χ1) is 8.15. The summed E-state index contributed by atoms with van der Waals surface area (Å²) in [6.45, 7) is 2.30. The molecule has 2 rings (SSSR count). The van der Waals surface area contributed by atoms with Crippen molar-refractivity contribution >= 4 is 33.2 Å². The van der Waals surface area contributed by atoms with Crippen LogP contribution in [-0.4, -0.2) is 21.1 Å². The summed E-state index contributed by atoms with van der Waals surface area (Å²) in [6.07, 6.45) is 0. The van der Waals surface area contributed by atoms with Crippen LogP contribution in [0.15, 0.2) is 22.1 Å². The molecule has 0 spiro atoms. The molecule has 0 saturated heterocycles. The summed E-state index contributed by atoms with van der Waals surface area (Å²) in [5.41, 5.74) is 1.75. The number of rotatable bonds is 3. The van der Waals surface area contributed by atoms with Gasteiger partial charge in [-0.25, -0.2) is 0 Å². The molecule has 0 aliphatic heterocycles. The van der Waals surface area contributed by atoms with Crippen LogP contribution in [-0.2, 0) is 6.54 Å². The molecule has 0 bridgehead atoms. The minimum absolute atomic E-state index is 0.239. The number of aryl methyl sites for hydroxylation is 1. The normalized spacial score (nSPS) is 10.2. The van der Waals surface area contributed by atoms with Crippen molar-refractivity contribution < 1.29 is 4.79 Å². The van der Waals surface area contributed by atoms with Crippen LogP contribution in [0.2, 0.25) is 0 Å². The van der Waals surface area contributed by atoms with Crippen LogP contribution in [0.3, 0.4) is 0 Å². The maximum atomic E-state index is 11.7. The molecule has 0 atom stereocenters. The second kappa shape index (κ2) is 5.33. The lowest BCUT2D eigenvalue weighted by molar-refractivity contribution is 0.0949. The lowest BCUT2D eigenvalue weighted by Gasteiger charge is -2.02. The van der Waals surface area contributed by atoms with Crippen molar-refractivity contribution in [2.24, 2.45) is 0 Å². The zero-order valence-corrected chi connectivity index (χ0v) is 11.4. The van der Waals surface area contributed by atoms with E-state index in [1.54, 1.807) is 0 Å². The number of nitrogens with one attached hydrogen (secondary N) is 1. The van der Waals surface area contributed by atoms with Crippen LogP contribution in [0.25, 0.3) is 0 Å². The van der Waals surface area contributed by atoms with E-state index in [2.05, 4.69) is 36.4 Å². The first kappa shape index (κ1) is 12.1. The van der Waals surface area contributed by atoms with Crippen molar-refractivity contribution in [1.82, 2.24) is 20.5 Å². The predicted molar refractivity (Wildman–Crippen MR) is 67.8 cm³/mol. The Morgan fingerprint density at radius 3 is 2.94 bits per heavy atom. The standard InChI is InChI=1S/C10H9BrN4OS/c1-6-3-2-4-7(13-6)5-12-8(16)9-14-15-10(11)17-9/h2-4H,5H2,1H3,(H,12,16). The van der Waals surface area contributed by atoms with Gasteiger partial charge in [-0.15, -0.1) is 10.2 Å². The van der Waals surface area contributed by atoms with Gasteiger partial charge < -0.3 is 5.32 Å². The molecule has 0 unspecified atom stereocenters. The number of carbonyl (C=O) groups excluding carboxylic acids is 1. The summed E-state index contributed by atoms with van der Waals surface area (Å²) in [6, 6.07) is 5.68. The van der Waals surface area contributed by atoms with E-state index < -0.39 is 0 Å². The Labute approximate surface area is 110 Å². The lowest BCUT2D eigenvalue weighted by atomic mass is 10.3. The summed E-state index contributed by atoms with van der Waals surface area (Å²) < 4.78 is 0.594. The largest absolute Gasteiger partial charge is 0.344 e. The number of amides is 1. The summed E-state index contributed by atoms with van der Waals surface area (Å²) in [7, 11) is 0. The van der Waals surface area contributed by atoms with Crippen LogP contribution in [0.4, 0.5) is 0 Å². The highest BCUT2D eigenvalue weighted by Gasteiger charge is 2.11. The highest BCUT2D eigenvalue weighted by Crippen LogP contribution is 2.15. The van der Waals surface area contributed by atoms with Crippen LogP contribution >= 0.6 is 27.3 Å². The Morgan fingerprint density at radius 2 is 2.29 bits per heavy atom. The van der Waals surface area contributed by atoms with E-state index in [0.29, 0.717) is 15.5 Å². The third-order valence-corrected chi connectivity index (χ3v) is 3.33. The van der Waals surface area contributed by atoms with Crippen molar-refractivity contribution in [3.05, 3.63) is 38.5 Å². The molecule has 88 valence electrons. The topological polar surface area (TPSA) is 67.8 Å². The zero-order chi connectivity index (χ0) is 12.3. The second-order valence-electron chi connectivity index (χ2n) is 3.31. The van der Waals surface area contributed by atoms with E-state index in [0.717, 1.165) is 11.4 Å². The maximum Gasteiger partial charge on any atom is 0.282 e. The fourth-order valence-corrected chi connectivity index (χ4v) is 2.27. The minimum Gasteiger partial charge on any atom is -0.344 e. The minimum atomic E-state index is -0.239. The number of hydrogen-bond acceptors (Lipinski definition) is 5. The third-order valence-electron chi connectivity index (χ3n) is 1.97. The Bertz CT molecular complexity index is 543. The molecule has 0 aliphatic rings. The van der Waals surface area contributed by atoms with Crippen molar-refractivity contribution in [3.8, 4) is 0 Å². The lowest BCUT2D eigenvalue weighted by Crippen LogP contribution is -2.23. The predicted octanol–water partition coefficient (Wildman–Crippen LogP) is 1.93. The highest BCUT2D eigenvalue weighted by molar-refractivity contribution is 9.11. The van der Waals surface area contributed by atoms with E-state index >= 15 is 0 Å². The first-order valence-electron chi connectivity index (χ1n) is 4.85. The molecule has 0 saturated carbocycles. The van der Waals surface area contributed by atoms with Gasteiger partial charge in [0.05, 0.1) is 12.2 Å². The summed E-state index contributed by atoms with van der Waals surface area (Å²) >= 11 is 4.35. The van der Waals surface area contributed by atoms with Crippen LogP contribution in [0.5, 0.6) is 0 Å². The Hall–Kier alpha value is -1.34. The molecule has 1 N–H and O–H groups in total. The third kappa shape index (κ3) is 3.31. The van der Waals surface area contributed by atoms with Crippen LogP contribution in [0, 0.1) is 6.92 Å².